The van der Waals surface area contributed by atoms with Crippen molar-refractivity contribution < 1.29 is 9.26 Å². The SMILES string of the molecule is CCCCc1nc(C)n(Cc2ccc(OC)nc2)c(=O)c1Cc1ccc(-c2ccccc2-c2noc(=O)[nH]2)cc1.[NaH]. The number of pyridine rings is 1. The van der Waals surface area contributed by atoms with Crippen LogP contribution in [0.3, 0.4) is 0 Å². The molecule has 41 heavy (non-hydrogen) atoms. The zero-order valence-corrected chi connectivity index (χ0v) is 22.8. The second-order valence-electron chi connectivity index (χ2n) is 9.65. The van der Waals surface area contributed by atoms with Crippen LogP contribution >= 0.6 is 0 Å². The number of nitrogens with one attached hydrogen (secondary N) is 1. The molecule has 0 bridgehead atoms. The summed E-state index contributed by atoms with van der Waals surface area (Å²) in [5.74, 6) is 0.999. The molecule has 0 unspecified atom stereocenters. The Balaban J connectivity index is 0.00000387. The van der Waals surface area contributed by atoms with E-state index in [2.05, 4.69) is 22.0 Å². The molecular formula is C31H32N5NaO4. The molecule has 0 aliphatic heterocycles. The Hall–Kier alpha value is -3.79. The Labute approximate surface area is 259 Å². The molecule has 0 radical (unpaired) electrons. The van der Waals surface area contributed by atoms with Crippen molar-refractivity contribution in [3.05, 3.63) is 116 Å². The number of ether oxygens (including phenoxy) is 1. The van der Waals surface area contributed by atoms with Crippen molar-refractivity contribution in [1.82, 2.24) is 24.7 Å². The number of rotatable bonds is 10. The van der Waals surface area contributed by atoms with E-state index < -0.39 is 5.76 Å². The van der Waals surface area contributed by atoms with Crippen molar-refractivity contribution in [2.75, 3.05) is 7.11 Å². The molecule has 3 heterocycles. The fourth-order valence-electron chi connectivity index (χ4n) is 4.77. The number of benzene rings is 2. The van der Waals surface area contributed by atoms with Gasteiger partial charge in [-0.3, -0.25) is 18.9 Å². The van der Waals surface area contributed by atoms with Gasteiger partial charge in [-0.1, -0.05) is 73.1 Å². The van der Waals surface area contributed by atoms with E-state index in [9.17, 15) is 9.59 Å². The second-order valence-corrected chi connectivity index (χ2v) is 9.65. The Morgan fingerprint density at radius 1 is 0.976 bits per heavy atom. The summed E-state index contributed by atoms with van der Waals surface area (Å²) < 4.78 is 11.6. The quantitative estimate of drug-likeness (QED) is 0.253. The molecule has 0 saturated heterocycles. The third kappa shape index (κ3) is 6.93. The van der Waals surface area contributed by atoms with E-state index in [0.717, 1.165) is 52.8 Å². The maximum atomic E-state index is 13.8. The molecule has 0 amide bonds. The number of aromatic amines is 1. The van der Waals surface area contributed by atoms with Crippen molar-refractivity contribution >= 4 is 29.6 Å². The van der Waals surface area contributed by atoms with E-state index in [1.165, 1.54) is 0 Å². The second kappa shape index (κ2) is 13.7. The van der Waals surface area contributed by atoms with Gasteiger partial charge in [0.25, 0.3) is 5.56 Å². The first-order valence-corrected chi connectivity index (χ1v) is 13.3. The normalized spacial score (nSPS) is 10.8. The molecule has 5 aromatic rings. The summed E-state index contributed by atoms with van der Waals surface area (Å²) >= 11 is 0. The van der Waals surface area contributed by atoms with Crippen molar-refractivity contribution in [1.29, 1.82) is 0 Å². The maximum absolute atomic E-state index is 13.8. The van der Waals surface area contributed by atoms with Gasteiger partial charge in [0.15, 0.2) is 5.82 Å². The van der Waals surface area contributed by atoms with Gasteiger partial charge in [0.2, 0.25) is 5.88 Å². The number of methoxy groups -OCH3 is 1. The van der Waals surface area contributed by atoms with Gasteiger partial charge in [0.05, 0.1) is 19.3 Å². The van der Waals surface area contributed by atoms with E-state index in [0.29, 0.717) is 36.1 Å². The summed E-state index contributed by atoms with van der Waals surface area (Å²) in [6.45, 7) is 4.40. The van der Waals surface area contributed by atoms with Gasteiger partial charge in [-0.05, 0) is 42.0 Å². The first-order chi connectivity index (χ1) is 19.5. The molecule has 206 valence electrons. The first kappa shape index (κ1) is 30.2. The molecule has 0 atom stereocenters. The molecule has 1 N–H and O–H groups in total. The molecule has 5 rings (SSSR count). The van der Waals surface area contributed by atoms with Gasteiger partial charge in [-0.2, -0.15) is 0 Å². The van der Waals surface area contributed by atoms with Crippen LogP contribution in [0.5, 0.6) is 5.88 Å². The van der Waals surface area contributed by atoms with E-state index in [1.54, 1.807) is 23.9 Å². The Kier molecular flexibility index (Phi) is 10.1. The van der Waals surface area contributed by atoms with Gasteiger partial charge in [0.1, 0.15) is 5.82 Å². The minimum atomic E-state index is -0.598. The number of hydrogen-bond donors (Lipinski definition) is 1. The van der Waals surface area contributed by atoms with Gasteiger partial charge in [-0.25, -0.2) is 14.8 Å². The first-order valence-electron chi connectivity index (χ1n) is 13.3. The molecule has 2 aromatic carbocycles. The van der Waals surface area contributed by atoms with Crippen LogP contribution in [0.15, 0.2) is 81.0 Å². The average Bonchev–Trinajstić information content (AvgIpc) is 3.42. The monoisotopic (exact) mass is 561 g/mol. The summed E-state index contributed by atoms with van der Waals surface area (Å²) in [6.07, 6.45) is 4.94. The van der Waals surface area contributed by atoms with E-state index in [4.69, 9.17) is 14.2 Å². The third-order valence-electron chi connectivity index (χ3n) is 6.92. The van der Waals surface area contributed by atoms with E-state index in [-0.39, 0.29) is 35.1 Å². The fourth-order valence-corrected chi connectivity index (χ4v) is 4.77. The number of aromatic nitrogens is 5. The van der Waals surface area contributed by atoms with Crippen molar-refractivity contribution in [3.63, 3.8) is 0 Å². The number of H-pyrrole nitrogens is 1. The van der Waals surface area contributed by atoms with E-state index >= 15 is 0 Å². The predicted molar refractivity (Wildman–Crippen MR) is 160 cm³/mol. The van der Waals surface area contributed by atoms with E-state index in [1.807, 2.05) is 61.5 Å². The van der Waals surface area contributed by atoms with Crippen LogP contribution in [-0.2, 0) is 19.4 Å². The zero-order valence-electron chi connectivity index (χ0n) is 22.8. The van der Waals surface area contributed by atoms with Gasteiger partial charge >= 0.3 is 35.3 Å². The summed E-state index contributed by atoms with van der Waals surface area (Å²) in [7, 11) is 1.58. The van der Waals surface area contributed by atoms with Crippen LogP contribution in [0.2, 0.25) is 0 Å². The van der Waals surface area contributed by atoms with Gasteiger partial charge in [-0.15, -0.1) is 0 Å². The number of hydrogen-bond acceptors (Lipinski definition) is 7. The van der Waals surface area contributed by atoms with Crippen LogP contribution in [0.4, 0.5) is 0 Å². The topological polar surface area (TPSA) is 116 Å². The van der Waals surface area contributed by atoms with Crippen molar-refractivity contribution in [2.45, 2.75) is 46.1 Å². The van der Waals surface area contributed by atoms with Crippen LogP contribution in [0.25, 0.3) is 22.5 Å². The molecule has 0 saturated carbocycles. The van der Waals surface area contributed by atoms with Gasteiger partial charge in [0, 0.05) is 29.8 Å². The van der Waals surface area contributed by atoms with Gasteiger partial charge < -0.3 is 4.74 Å². The zero-order chi connectivity index (χ0) is 28.1. The Morgan fingerprint density at radius 3 is 2.34 bits per heavy atom. The predicted octanol–water partition coefficient (Wildman–Crippen LogP) is 4.30. The number of unbranched alkanes of at least 4 members (excludes halogenated alkanes) is 1. The van der Waals surface area contributed by atoms with Crippen LogP contribution in [-0.4, -0.2) is 61.3 Å². The number of nitrogens with zero attached hydrogens (tertiary/aromatic N) is 4. The van der Waals surface area contributed by atoms with Crippen molar-refractivity contribution in [3.8, 4) is 28.4 Å². The van der Waals surface area contributed by atoms with Crippen molar-refractivity contribution in [2.24, 2.45) is 0 Å². The standard InChI is InChI=1S/C31H31N5O4.Na.H/c1-4-5-10-27-26(30(37)36(20(2)33-27)19-22-13-16-28(39-3)32-18-22)17-21-11-14-23(15-12-21)24-8-6-7-9-25(24)29-34-31(38)40-35-29;;/h6-9,11-16,18H,4-5,10,17,19H2,1-3H3,(H,34,35,38);;. The molecule has 0 fully saturated rings. The molecule has 0 aliphatic rings. The fraction of sp³-hybridized carbons (Fsp3) is 0.258. The summed E-state index contributed by atoms with van der Waals surface area (Å²) in [4.78, 5) is 37.1. The number of aryl methyl sites for hydroxylation is 2. The Bertz CT molecular complexity index is 1720. The average molecular weight is 562 g/mol. The van der Waals surface area contributed by atoms with Crippen LogP contribution in [0, 0.1) is 6.92 Å². The molecule has 0 aliphatic carbocycles. The van der Waals surface area contributed by atoms with Crippen LogP contribution < -0.4 is 16.1 Å². The molecule has 0 spiro atoms. The van der Waals surface area contributed by atoms with Crippen LogP contribution in [0.1, 0.15) is 48.0 Å². The summed E-state index contributed by atoms with van der Waals surface area (Å²) in [5.41, 5.74) is 6.09. The Morgan fingerprint density at radius 2 is 1.71 bits per heavy atom. The molecule has 9 nitrogen and oxygen atoms in total. The minimum absolute atomic E-state index is 0. The third-order valence-corrected chi connectivity index (χ3v) is 6.92. The molecule has 3 aromatic heterocycles. The molecular weight excluding hydrogens is 529 g/mol. The summed E-state index contributed by atoms with van der Waals surface area (Å²) in [6, 6.07) is 19.5. The summed E-state index contributed by atoms with van der Waals surface area (Å²) in [5, 5.41) is 3.85. The molecule has 10 heteroatoms.